The first-order valence-corrected chi connectivity index (χ1v) is 11.9. The van der Waals surface area contributed by atoms with Gasteiger partial charge in [0, 0.05) is 29.8 Å². The highest BCUT2D eigenvalue weighted by Gasteiger charge is 2.41. The number of hydrogen-bond acceptors (Lipinski definition) is 7. The van der Waals surface area contributed by atoms with Crippen LogP contribution in [-0.4, -0.2) is 62.2 Å². The summed E-state index contributed by atoms with van der Waals surface area (Å²) in [6, 6.07) is 8.58. The molecule has 4 aromatic rings. The first-order valence-electron chi connectivity index (χ1n) is 11.9. The fourth-order valence-corrected chi connectivity index (χ4v) is 5.46. The Morgan fingerprint density at radius 2 is 2.03 bits per heavy atom. The van der Waals surface area contributed by atoms with E-state index in [2.05, 4.69) is 22.4 Å². The number of anilines is 1. The Balaban J connectivity index is 1.32. The topological polar surface area (TPSA) is 98.7 Å². The third-order valence-electron chi connectivity index (χ3n) is 7.44. The lowest BCUT2D eigenvalue weighted by molar-refractivity contribution is -0.131. The molecule has 0 radical (unpaired) electrons. The Labute approximate surface area is 197 Å². The number of ether oxygens (including phenoxy) is 2. The normalized spacial score (nSPS) is 18.0. The molecule has 1 spiro atoms. The maximum absolute atomic E-state index is 9.47. The molecule has 1 saturated heterocycles. The van der Waals surface area contributed by atoms with Crippen molar-refractivity contribution in [2.75, 3.05) is 32.2 Å². The molecule has 0 amide bonds. The van der Waals surface area contributed by atoms with Crippen molar-refractivity contribution >= 4 is 22.5 Å². The van der Waals surface area contributed by atoms with Crippen molar-refractivity contribution in [3.63, 3.8) is 0 Å². The molecule has 2 N–H and O–H groups in total. The van der Waals surface area contributed by atoms with Gasteiger partial charge < -0.3 is 24.5 Å². The van der Waals surface area contributed by atoms with Crippen LogP contribution in [0.15, 0.2) is 30.5 Å². The van der Waals surface area contributed by atoms with Gasteiger partial charge in [-0.1, -0.05) is 6.07 Å². The number of aromatic nitrogens is 5. The van der Waals surface area contributed by atoms with E-state index in [4.69, 9.17) is 19.6 Å². The van der Waals surface area contributed by atoms with Gasteiger partial charge in [-0.25, -0.2) is 9.50 Å². The first-order chi connectivity index (χ1) is 16.6. The summed E-state index contributed by atoms with van der Waals surface area (Å²) in [6.07, 6.45) is 6.52. The molecular formula is C25H30N6O3. The molecule has 1 aliphatic heterocycles. The third-order valence-corrected chi connectivity index (χ3v) is 7.44. The van der Waals surface area contributed by atoms with E-state index in [1.54, 1.807) is 7.11 Å². The number of aryl methyl sites for hydroxylation is 1. The number of nitrogens with one attached hydrogen (secondary N) is 1. The molecule has 2 fully saturated rings. The van der Waals surface area contributed by atoms with E-state index in [0.29, 0.717) is 29.8 Å². The molecule has 0 unspecified atom stereocenters. The monoisotopic (exact) mass is 462 g/mol. The molecule has 0 atom stereocenters. The molecule has 6 rings (SSSR count). The largest absolute Gasteiger partial charge is 0.479 e. The van der Waals surface area contributed by atoms with Crippen LogP contribution in [0.3, 0.4) is 0 Å². The van der Waals surface area contributed by atoms with Gasteiger partial charge in [0.1, 0.15) is 11.3 Å². The van der Waals surface area contributed by atoms with E-state index in [1.165, 1.54) is 12.8 Å². The van der Waals surface area contributed by atoms with E-state index in [1.807, 2.05) is 34.3 Å². The Morgan fingerprint density at radius 3 is 2.74 bits per heavy atom. The molecule has 4 heterocycles. The van der Waals surface area contributed by atoms with Gasteiger partial charge in [-0.3, -0.25) is 0 Å². The second kappa shape index (κ2) is 8.25. The SMILES string of the molecule is COc1nc(NC2CCC3(CC2)COC3)nn2ccc(-c3ccc4nc(C)n(CCO)c4c3)c12. The van der Waals surface area contributed by atoms with Crippen LogP contribution in [0.5, 0.6) is 5.88 Å². The minimum Gasteiger partial charge on any atom is -0.479 e. The predicted molar refractivity (Wildman–Crippen MR) is 129 cm³/mol. The predicted octanol–water partition coefficient (Wildman–Crippen LogP) is 3.43. The Bertz CT molecular complexity index is 1350. The second-order valence-electron chi connectivity index (χ2n) is 9.62. The summed E-state index contributed by atoms with van der Waals surface area (Å²) in [5.41, 5.74) is 5.17. The lowest BCUT2D eigenvalue weighted by atomic mass is 9.71. The van der Waals surface area contributed by atoms with E-state index >= 15 is 0 Å². The molecule has 1 aliphatic carbocycles. The Hall–Kier alpha value is -3.17. The third kappa shape index (κ3) is 3.50. The zero-order valence-electron chi connectivity index (χ0n) is 19.6. The maximum Gasteiger partial charge on any atom is 0.244 e. The van der Waals surface area contributed by atoms with Crippen molar-refractivity contribution in [3.8, 4) is 17.0 Å². The number of methoxy groups -OCH3 is 1. The number of rotatable bonds is 6. The lowest BCUT2D eigenvalue weighted by Gasteiger charge is -2.46. The van der Waals surface area contributed by atoms with Crippen molar-refractivity contribution in [2.45, 2.75) is 45.2 Å². The van der Waals surface area contributed by atoms with Gasteiger partial charge in [0.25, 0.3) is 0 Å². The van der Waals surface area contributed by atoms with Crippen LogP contribution in [0.2, 0.25) is 0 Å². The first kappa shape index (κ1) is 21.4. The highest BCUT2D eigenvalue weighted by Crippen LogP contribution is 2.42. The van der Waals surface area contributed by atoms with Gasteiger partial charge in [-0.15, -0.1) is 5.10 Å². The molecular weight excluding hydrogens is 432 g/mol. The van der Waals surface area contributed by atoms with Crippen molar-refractivity contribution in [2.24, 2.45) is 5.41 Å². The summed E-state index contributed by atoms with van der Waals surface area (Å²) in [5.74, 6) is 2.01. The van der Waals surface area contributed by atoms with Gasteiger partial charge >= 0.3 is 0 Å². The molecule has 1 aromatic carbocycles. The van der Waals surface area contributed by atoms with Gasteiger partial charge in [-0.05, 0) is 56.4 Å². The number of aliphatic hydroxyl groups excluding tert-OH is 1. The quantitative estimate of drug-likeness (QED) is 0.453. The van der Waals surface area contributed by atoms with Crippen LogP contribution < -0.4 is 10.1 Å². The molecule has 9 nitrogen and oxygen atoms in total. The summed E-state index contributed by atoms with van der Waals surface area (Å²) in [7, 11) is 1.65. The molecule has 34 heavy (non-hydrogen) atoms. The molecule has 178 valence electrons. The lowest BCUT2D eigenvalue weighted by Crippen LogP contribution is -2.47. The number of nitrogens with zero attached hydrogens (tertiary/aromatic N) is 5. The van der Waals surface area contributed by atoms with Crippen LogP contribution in [0, 0.1) is 12.3 Å². The molecule has 0 bridgehead atoms. The average Bonchev–Trinajstić information content (AvgIpc) is 3.39. The van der Waals surface area contributed by atoms with Crippen LogP contribution in [0.4, 0.5) is 5.95 Å². The van der Waals surface area contributed by atoms with Crippen LogP contribution >= 0.6 is 0 Å². The van der Waals surface area contributed by atoms with Crippen molar-refractivity contribution < 1.29 is 14.6 Å². The standard InChI is InChI=1S/C25H30N6O3/c1-16-26-20-4-3-17(13-21(20)30(16)11-12-32)19-7-10-31-22(19)23(33-2)28-24(29-31)27-18-5-8-25(9-6-18)14-34-15-25/h3-4,7,10,13,18,32H,5-6,8-9,11-12,14-15H2,1-2H3,(H,27,29). The fourth-order valence-electron chi connectivity index (χ4n) is 5.46. The molecule has 3 aromatic heterocycles. The van der Waals surface area contributed by atoms with E-state index in [9.17, 15) is 5.11 Å². The highest BCUT2D eigenvalue weighted by molar-refractivity contribution is 5.89. The number of fused-ring (bicyclic) bond motifs is 2. The van der Waals surface area contributed by atoms with E-state index in [-0.39, 0.29) is 6.61 Å². The fraction of sp³-hybridized carbons (Fsp3) is 0.480. The smallest absolute Gasteiger partial charge is 0.244 e. The number of imidazole rings is 1. The van der Waals surface area contributed by atoms with Gasteiger partial charge in [0.2, 0.25) is 11.8 Å². The number of aliphatic hydroxyl groups is 1. The molecule has 1 saturated carbocycles. The summed E-state index contributed by atoms with van der Waals surface area (Å²) in [6.45, 7) is 4.36. The van der Waals surface area contributed by atoms with Crippen LogP contribution in [0.1, 0.15) is 31.5 Å². The van der Waals surface area contributed by atoms with Crippen molar-refractivity contribution in [1.29, 1.82) is 0 Å². The maximum atomic E-state index is 9.47. The van der Waals surface area contributed by atoms with Crippen molar-refractivity contribution in [1.82, 2.24) is 24.1 Å². The van der Waals surface area contributed by atoms with Crippen LogP contribution in [-0.2, 0) is 11.3 Å². The summed E-state index contributed by atoms with van der Waals surface area (Å²) < 4.78 is 15.0. The minimum absolute atomic E-state index is 0.0683. The Morgan fingerprint density at radius 1 is 1.21 bits per heavy atom. The van der Waals surface area contributed by atoms with Gasteiger partial charge in [0.15, 0.2) is 0 Å². The number of hydrogen-bond donors (Lipinski definition) is 2. The van der Waals surface area contributed by atoms with Gasteiger partial charge in [0.05, 0.1) is 38.0 Å². The Kier molecular flexibility index (Phi) is 5.18. The zero-order valence-corrected chi connectivity index (χ0v) is 19.6. The van der Waals surface area contributed by atoms with E-state index < -0.39 is 0 Å². The summed E-state index contributed by atoms with van der Waals surface area (Å²) in [5, 5.41) is 17.8. The molecule has 2 aliphatic rings. The summed E-state index contributed by atoms with van der Waals surface area (Å²) >= 11 is 0. The van der Waals surface area contributed by atoms with Crippen LogP contribution in [0.25, 0.3) is 27.7 Å². The zero-order chi connectivity index (χ0) is 23.3. The highest BCUT2D eigenvalue weighted by atomic mass is 16.5. The minimum atomic E-state index is 0.0683. The van der Waals surface area contributed by atoms with Gasteiger partial charge in [-0.2, -0.15) is 4.98 Å². The number of benzene rings is 1. The second-order valence-corrected chi connectivity index (χ2v) is 9.62. The van der Waals surface area contributed by atoms with E-state index in [0.717, 1.165) is 59.6 Å². The molecule has 9 heteroatoms. The van der Waals surface area contributed by atoms with Crippen molar-refractivity contribution in [3.05, 3.63) is 36.3 Å². The summed E-state index contributed by atoms with van der Waals surface area (Å²) in [4.78, 5) is 9.33. The average molecular weight is 463 g/mol.